The molecule has 2 rings (SSSR count). The Morgan fingerprint density at radius 2 is 2.11 bits per heavy atom. The molecular weight excluding hydrogens is 234 g/mol. The molecule has 1 aromatic rings. The van der Waals surface area contributed by atoms with E-state index in [2.05, 4.69) is 5.32 Å². The zero-order valence-electron chi connectivity index (χ0n) is 10.3. The fourth-order valence-corrected chi connectivity index (χ4v) is 2.14. The number of nitrogens with two attached hydrogens (primary N) is 1. The van der Waals surface area contributed by atoms with Crippen molar-refractivity contribution < 1.29 is 9.66 Å². The van der Waals surface area contributed by atoms with E-state index in [9.17, 15) is 10.1 Å². The van der Waals surface area contributed by atoms with Crippen LogP contribution in [-0.2, 0) is 4.74 Å². The number of benzene rings is 1. The highest BCUT2D eigenvalue weighted by molar-refractivity contribution is 5.74. The van der Waals surface area contributed by atoms with Gasteiger partial charge in [0.25, 0.3) is 0 Å². The van der Waals surface area contributed by atoms with E-state index in [-0.39, 0.29) is 16.9 Å². The second-order valence-corrected chi connectivity index (χ2v) is 4.80. The number of ether oxygens (including phenoxy) is 1. The number of nitro benzene ring substituents is 1. The van der Waals surface area contributed by atoms with Crippen molar-refractivity contribution in [1.29, 1.82) is 0 Å². The van der Waals surface area contributed by atoms with Gasteiger partial charge in [0.05, 0.1) is 4.92 Å². The van der Waals surface area contributed by atoms with Gasteiger partial charge in [0.15, 0.2) is 0 Å². The van der Waals surface area contributed by atoms with Gasteiger partial charge in [0.2, 0.25) is 0 Å². The second-order valence-electron chi connectivity index (χ2n) is 4.80. The average Bonchev–Trinajstić information content (AvgIpc) is 2.28. The Morgan fingerprint density at radius 1 is 1.44 bits per heavy atom. The van der Waals surface area contributed by atoms with Crippen molar-refractivity contribution in [1.82, 2.24) is 0 Å². The van der Waals surface area contributed by atoms with Crippen LogP contribution < -0.4 is 11.1 Å². The van der Waals surface area contributed by atoms with Crippen molar-refractivity contribution in [2.45, 2.75) is 25.3 Å². The minimum Gasteiger partial charge on any atom is -0.393 e. The number of nitrogens with zero attached hydrogens (tertiary/aromatic N) is 1. The number of nitrogen functional groups attached to an aromatic ring is 1. The highest BCUT2D eigenvalue weighted by Gasteiger charge is 2.30. The van der Waals surface area contributed by atoms with E-state index in [1.54, 1.807) is 12.1 Å². The Kier molecular flexibility index (Phi) is 3.38. The molecule has 6 nitrogen and oxygen atoms in total. The molecule has 0 saturated carbocycles. The number of nitrogens with one attached hydrogen (secondary N) is 1. The van der Waals surface area contributed by atoms with E-state index in [1.165, 1.54) is 6.07 Å². The van der Waals surface area contributed by atoms with Gasteiger partial charge >= 0.3 is 5.69 Å². The molecule has 18 heavy (non-hydrogen) atoms. The lowest BCUT2D eigenvalue weighted by Crippen LogP contribution is -2.40. The zero-order valence-corrected chi connectivity index (χ0v) is 10.3. The summed E-state index contributed by atoms with van der Waals surface area (Å²) in [6.45, 7) is 3.38. The minimum absolute atomic E-state index is 0.0507. The number of hydrogen-bond acceptors (Lipinski definition) is 5. The zero-order chi connectivity index (χ0) is 13.2. The Labute approximate surface area is 105 Å². The van der Waals surface area contributed by atoms with Crippen molar-refractivity contribution in [3.63, 3.8) is 0 Å². The largest absolute Gasteiger partial charge is 0.393 e. The topological polar surface area (TPSA) is 90.4 Å². The fraction of sp³-hybridized carbons (Fsp3) is 0.500. The van der Waals surface area contributed by atoms with Crippen LogP contribution in [0, 0.1) is 10.1 Å². The van der Waals surface area contributed by atoms with Crippen molar-refractivity contribution in [2.24, 2.45) is 0 Å². The Bertz CT molecular complexity index is 456. The Hall–Kier alpha value is -1.82. The number of anilines is 2. The molecule has 1 aliphatic heterocycles. The van der Waals surface area contributed by atoms with Gasteiger partial charge in [-0.3, -0.25) is 10.1 Å². The molecule has 6 heteroatoms. The third-order valence-electron chi connectivity index (χ3n) is 3.28. The first-order valence-corrected chi connectivity index (χ1v) is 5.91. The normalized spacial score (nSPS) is 18.3. The van der Waals surface area contributed by atoms with Gasteiger partial charge < -0.3 is 15.8 Å². The van der Waals surface area contributed by atoms with Crippen LogP contribution in [0.15, 0.2) is 18.2 Å². The van der Waals surface area contributed by atoms with Crippen LogP contribution in [0.25, 0.3) is 0 Å². The highest BCUT2D eigenvalue weighted by atomic mass is 16.6. The van der Waals surface area contributed by atoms with Crippen LogP contribution in [0.4, 0.5) is 17.1 Å². The first-order chi connectivity index (χ1) is 8.52. The lowest BCUT2D eigenvalue weighted by atomic mass is 9.92. The summed E-state index contributed by atoms with van der Waals surface area (Å²) in [6, 6.07) is 4.94. The maximum absolute atomic E-state index is 11.0. The molecule has 1 fully saturated rings. The predicted molar refractivity (Wildman–Crippen MR) is 69.6 cm³/mol. The molecule has 0 atom stereocenters. The van der Waals surface area contributed by atoms with Crippen LogP contribution >= 0.6 is 0 Å². The van der Waals surface area contributed by atoms with Crippen LogP contribution in [0.2, 0.25) is 0 Å². The lowest BCUT2D eigenvalue weighted by Gasteiger charge is -2.35. The highest BCUT2D eigenvalue weighted by Crippen LogP contribution is 2.34. The molecule has 1 saturated heterocycles. The van der Waals surface area contributed by atoms with E-state index in [0.717, 1.165) is 12.8 Å². The van der Waals surface area contributed by atoms with Gasteiger partial charge in [-0.2, -0.15) is 0 Å². The molecule has 1 aromatic carbocycles. The third kappa shape index (κ3) is 2.53. The first-order valence-electron chi connectivity index (χ1n) is 5.91. The summed E-state index contributed by atoms with van der Waals surface area (Å²) < 4.78 is 5.31. The first kappa shape index (κ1) is 12.6. The monoisotopic (exact) mass is 251 g/mol. The van der Waals surface area contributed by atoms with E-state index in [1.807, 2.05) is 6.92 Å². The van der Waals surface area contributed by atoms with Crippen molar-refractivity contribution >= 4 is 17.1 Å². The number of rotatable bonds is 3. The molecule has 1 heterocycles. The smallest absolute Gasteiger partial charge is 0.314 e. The van der Waals surface area contributed by atoms with Gasteiger partial charge in [-0.05, 0) is 31.9 Å². The minimum atomic E-state index is -0.444. The molecule has 1 aliphatic rings. The van der Waals surface area contributed by atoms with Crippen LogP contribution in [0.3, 0.4) is 0 Å². The summed E-state index contributed by atoms with van der Waals surface area (Å²) in [7, 11) is 0. The molecule has 0 aliphatic carbocycles. The fourth-order valence-electron chi connectivity index (χ4n) is 2.14. The second kappa shape index (κ2) is 4.81. The van der Waals surface area contributed by atoms with Crippen LogP contribution in [-0.4, -0.2) is 23.7 Å². The molecule has 98 valence electrons. The average molecular weight is 251 g/mol. The lowest BCUT2D eigenvalue weighted by molar-refractivity contribution is -0.383. The van der Waals surface area contributed by atoms with Gasteiger partial charge in [-0.15, -0.1) is 0 Å². The van der Waals surface area contributed by atoms with E-state index >= 15 is 0 Å². The van der Waals surface area contributed by atoms with E-state index in [4.69, 9.17) is 10.5 Å². The number of hydrogen-bond donors (Lipinski definition) is 2. The van der Waals surface area contributed by atoms with Crippen molar-refractivity contribution in [3.8, 4) is 0 Å². The molecule has 0 aromatic heterocycles. The maximum Gasteiger partial charge on any atom is 0.314 e. The van der Waals surface area contributed by atoms with E-state index in [0.29, 0.717) is 18.9 Å². The van der Waals surface area contributed by atoms with Crippen LogP contribution in [0.1, 0.15) is 19.8 Å². The van der Waals surface area contributed by atoms with Gasteiger partial charge in [-0.25, -0.2) is 0 Å². The SMILES string of the molecule is CC1(Nc2cccc(N)c2[N+](=O)[O-])CCOCC1. The summed E-state index contributed by atoms with van der Waals surface area (Å²) in [5.41, 5.74) is 6.09. The molecule has 0 radical (unpaired) electrons. The van der Waals surface area contributed by atoms with Gasteiger partial charge in [0, 0.05) is 18.8 Å². The predicted octanol–water partition coefficient (Wildman–Crippen LogP) is 2.16. The number of nitro groups is 1. The molecule has 3 N–H and O–H groups in total. The maximum atomic E-state index is 11.0. The molecular formula is C12H17N3O3. The van der Waals surface area contributed by atoms with E-state index < -0.39 is 4.92 Å². The van der Waals surface area contributed by atoms with Crippen LogP contribution in [0.5, 0.6) is 0 Å². The third-order valence-corrected chi connectivity index (χ3v) is 3.28. The van der Waals surface area contributed by atoms with Gasteiger partial charge in [0.1, 0.15) is 11.4 Å². The standard InChI is InChI=1S/C12H17N3O3/c1-12(5-7-18-8-6-12)14-10-4-2-3-9(13)11(10)15(16)17/h2-4,14H,5-8,13H2,1H3. The Balaban J connectivity index is 2.28. The summed E-state index contributed by atoms with van der Waals surface area (Å²) in [6.07, 6.45) is 1.64. The van der Waals surface area contributed by atoms with Crippen molar-refractivity contribution in [2.75, 3.05) is 24.3 Å². The summed E-state index contributed by atoms with van der Waals surface area (Å²) in [5, 5.41) is 14.3. The quantitative estimate of drug-likeness (QED) is 0.488. The molecule has 0 unspecified atom stereocenters. The van der Waals surface area contributed by atoms with Gasteiger partial charge in [-0.1, -0.05) is 6.07 Å². The molecule has 0 bridgehead atoms. The molecule has 0 spiro atoms. The summed E-state index contributed by atoms with van der Waals surface area (Å²) >= 11 is 0. The van der Waals surface area contributed by atoms with Crippen molar-refractivity contribution in [3.05, 3.63) is 28.3 Å². The molecule has 0 amide bonds. The summed E-state index contributed by atoms with van der Waals surface area (Å²) in [4.78, 5) is 10.6. The number of para-hydroxylation sites is 1. The Morgan fingerprint density at radius 3 is 2.72 bits per heavy atom. The summed E-state index contributed by atoms with van der Waals surface area (Å²) in [5.74, 6) is 0.